The van der Waals surface area contributed by atoms with Gasteiger partial charge < -0.3 is 14.5 Å². The van der Waals surface area contributed by atoms with Crippen LogP contribution in [0.5, 0.6) is 5.75 Å². The average Bonchev–Trinajstić information content (AvgIpc) is 3.25. The first-order chi connectivity index (χ1) is 13.9. The van der Waals surface area contributed by atoms with Crippen LogP contribution in [-0.2, 0) is 4.79 Å². The first-order valence-electron chi connectivity index (χ1n) is 9.54. The van der Waals surface area contributed by atoms with Crippen molar-refractivity contribution in [3.05, 3.63) is 65.2 Å². The van der Waals surface area contributed by atoms with Gasteiger partial charge in [0.2, 0.25) is 5.91 Å². The second-order valence-electron chi connectivity index (χ2n) is 7.65. The van der Waals surface area contributed by atoms with Crippen LogP contribution in [0.2, 0.25) is 0 Å². The molecule has 0 aromatic heterocycles. The number of hydrogen-bond acceptors (Lipinski definition) is 3. The lowest BCUT2D eigenvalue weighted by atomic mass is 9.89. The molecule has 29 heavy (non-hydrogen) atoms. The fourth-order valence-corrected chi connectivity index (χ4v) is 4.66. The average molecular weight is 400 g/mol. The summed E-state index contributed by atoms with van der Waals surface area (Å²) in [6.07, 6.45) is 0. The summed E-state index contributed by atoms with van der Waals surface area (Å²) in [4.78, 5) is 28.7. The third kappa shape index (κ3) is 3.45. The fourth-order valence-electron chi connectivity index (χ4n) is 4.66. The van der Waals surface area contributed by atoms with E-state index in [0.717, 1.165) is 5.56 Å². The Kier molecular flexibility index (Phi) is 4.98. The van der Waals surface area contributed by atoms with Gasteiger partial charge in [-0.1, -0.05) is 12.1 Å². The molecule has 5 nitrogen and oxygen atoms in total. The predicted octanol–water partition coefficient (Wildman–Crippen LogP) is 3.27. The zero-order valence-corrected chi connectivity index (χ0v) is 16.3. The molecule has 0 N–H and O–H groups in total. The number of methoxy groups -OCH3 is 1. The van der Waals surface area contributed by atoms with Gasteiger partial charge in [-0.3, -0.25) is 9.59 Å². The molecule has 2 aliphatic heterocycles. The molecule has 2 amide bonds. The number of nitrogens with zero attached hydrogens (tertiary/aromatic N) is 2. The Morgan fingerprint density at radius 1 is 1.03 bits per heavy atom. The zero-order valence-electron chi connectivity index (χ0n) is 16.3. The molecule has 152 valence electrons. The van der Waals surface area contributed by atoms with E-state index in [2.05, 4.69) is 0 Å². The van der Waals surface area contributed by atoms with Crippen LogP contribution in [0.15, 0.2) is 42.5 Å². The predicted molar refractivity (Wildman–Crippen MR) is 102 cm³/mol. The smallest absolute Gasteiger partial charge is 0.257 e. The number of ether oxygens (including phenoxy) is 1. The monoisotopic (exact) mass is 400 g/mol. The van der Waals surface area contributed by atoms with Crippen LogP contribution in [0, 0.1) is 23.5 Å². The van der Waals surface area contributed by atoms with Crippen molar-refractivity contribution in [1.29, 1.82) is 0 Å². The normalized spacial score (nSPS) is 23.2. The number of carbonyl (C=O) groups is 2. The van der Waals surface area contributed by atoms with Crippen molar-refractivity contribution in [2.45, 2.75) is 13.0 Å². The van der Waals surface area contributed by atoms with Gasteiger partial charge in [0.1, 0.15) is 17.4 Å². The molecule has 2 heterocycles. The summed E-state index contributed by atoms with van der Waals surface area (Å²) in [5, 5.41) is 0. The van der Waals surface area contributed by atoms with E-state index in [-0.39, 0.29) is 41.3 Å². The summed E-state index contributed by atoms with van der Waals surface area (Å²) in [5.41, 5.74) is 1.04. The van der Waals surface area contributed by atoms with Crippen molar-refractivity contribution < 1.29 is 23.1 Å². The van der Waals surface area contributed by atoms with Crippen LogP contribution in [0.1, 0.15) is 28.9 Å². The van der Waals surface area contributed by atoms with Crippen molar-refractivity contribution in [2.75, 3.05) is 26.7 Å². The van der Waals surface area contributed by atoms with Crippen molar-refractivity contribution in [3.8, 4) is 5.75 Å². The second-order valence-corrected chi connectivity index (χ2v) is 7.65. The Hall–Kier alpha value is -2.96. The second kappa shape index (κ2) is 7.46. The molecule has 2 aliphatic rings. The Morgan fingerprint density at radius 3 is 2.48 bits per heavy atom. The molecule has 0 unspecified atom stereocenters. The number of amides is 2. The highest BCUT2D eigenvalue weighted by molar-refractivity contribution is 5.97. The number of rotatable bonds is 3. The van der Waals surface area contributed by atoms with Crippen molar-refractivity contribution in [2.24, 2.45) is 11.8 Å². The quantitative estimate of drug-likeness (QED) is 0.795. The number of benzene rings is 2. The largest absolute Gasteiger partial charge is 0.496 e. The Labute approximate surface area is 167 Å². The lowest BCUT2D eigenvalue weighted by Crippen LogP contribution is -2.36. The summed E-state index contributed by atoms with van der Waals surface area (Å²) >= 11 is 0. The van der Waals surface area contributed by atoms with Crippen LogP contribution in [0.3, 0.4) is 0 Å². The Bertz CT molecular complexity index is 965. The van der Waals surface area contributed by atoms with Gasteiger partial charge in [0.15, 0.2) is 0 Å². The fraction of sp³-hybridized carbons (Fsp3) is 0.364. The first kappa shape index (κ1) is 19.4. The molecule has 2 saturated heterocycles. The van der Waals surface area contributed by atoms with Crippen molar-refractivity contribution in [1.82, 2.24) is 9.80 Å². The highest BCUT2D eigenvalue weighted by Crippen LogP contribution is 2.45. The van der Waals surface area contributed by atoms with Crippen LogP contribution >= 0.6 is 0 Å². The summed E-state index contributed by atoms with van der Waals surface area (Å²) in [7, 11) is 1.40. The highest BCUT2D eigenvalue weighted by atomic mass is 19.1. The molecule has 0 radical (unpaired) electrons. The third-order valence-electron chi connectivity index (χ3n) is 5.94. The molecule has 4 rings (SSSR count). The van der Waals surface area contributed by atoms with E-state index in [0.29, 0.717) is 25.2 Å². The van der Waals surface area contributed by atoms with Crippen LogP contribution in [0.25, 0.3) is 0 Å². The van der Waals surface area contributed by atoms with Crippen LogP contribution < -0.4 is 4.74 Å². The van der Waals surface area contributed by atoms with Gasteiger partial charge in [0.05, 0.1) is 18.7 Å². The number of halogens is 2. The highest BCUT2D eigenvalue weighted by Gasteiger charge is 2.49. The molecule has 2 fully saturated rings. The molecular weight excluding hydrogens is 378 g/mol. The number of likely N-dealkylation sites (tertiary alicyclic amines) is 2. The Morgan fingerprint density at radius 2 is 1.79 bits per heavy atom. The lowest BCUT2D eigenvalue weighted by Gasteiger charge is -2.29. The van der Waals surface area contributed by atoms with Gasteiger partial charge in [-0.25, -0.2) is 8.78 Å². The first-order valence-corrected chi connectivity index (χ1v) is 9.54. The van der Waals surface area contributed by atoms with E-state index in [9.17, 15) is 18.4 Å². The third-order valence-corrected chi connectivity index (χ3v) is 5.94. The molecule has 0 bridgehead atoms. The number of carbonyl (C=O) groups excluding carboxylic acids is 2. The minimum Gasteiger partial charge on any atom is -0.496 e. The summed E-state index contributed by atoms with van der Waals surface area (Å²) < 4.78 is 32.5. The van der Waals surface area contributed by atoms with Gasteiger partial charge in [0.25, 0.3) is 5.91 Å². The van der Waals surface area contributed by atoms with E-state index in [4.69, 9.17) is 4.74 Å². The number of fused-ring (bicyclic) bond motifs is 1. The van der Waals surface area contributed by atoms with E-state index < -0.39 is 5.82 Å². The van der Waals surface area contributed by atoms with E-state index in [1.165, 1.54) is 44.4 Å². The van der Waals surface area contributed by atoms with Crippen LogP contribution in [-0.4, -0.2) is 48.4 Å². The maximum atomic E-state index is 13.8. The summed E-state index contributed by atoms with van der Waals surface area (Å²) in [6.45, 7) is 2.96. The SMILES string of the molecule is COc1cc(F)ccc1C(=O)N1C[C@@H]2CN(C(C)=O)[C@@H](c3cccc(F)c3)[C@@H]2C1. The van der Waals surface area contributed by atoms with Crippen molar-refractivity contribution in [3.63, 3.8) is 0 Å². The maximum absolute atomic E-state index is 13.8. The molecule has 2 aromatic rings. The van der Waals surface area contributed by atoms with Crippen molar-refractivity contribution >= 4 is 11.8 Å². The van der Waals surface area contributed by atoms with Gasteiger partial charge in [-0.2, -0.15) is 0 Å². The summed E-state index contributed by atoms with van der Waals surface area (Å²) in [5.74, 6) is -0.815. The molecule has 0 aliphatic carbocycles. The standard InChI is InChI=1S/C22H22F2N2O3/c1-13(27)26-11-15-10-25(22(28)18-7-6-17(24)9-20(18)29-2)12-19(15)21(26)14-4-3-5-16(23)8-14/h3-9,15,19,21H,10-12H2,1-2H3/t15-,19-,21+/m1/s1. The maximum Gasteiger partial charge on any atom is 0.257 e. The molecule has 0 spiro atoms. The summed E-state index contributed by atoms with van der Waals surface area (Å²) in [6, 6.07) is 9.86. The van der Waals surface area contributed by atoms with E-state index >= 15 is 0 Å². The number of hydrogen-bond donors (Lipinski definition) is 0. The zero-order chi connectivity index (χ0) is 20.7. The molecule has 0 saturated carbocycles. The van der Waals surface area contributed by atoms with Gasteiger partial charge in [0, 0.05) is 44.5 Å². The van der Waals surface area contributed by atoms with E-state index in [1.807, 2.05) is 6.07 Å². The minimum atomic E-state index is -0.472. The van der Waals surface area contributed by atoms with Gasteiger partial charge >= 0.3 is 0 Å². The molecule has 3 atom stereocenters. The van der Waals surface area contributed by atoms with Crippen LogP contribution in [0.4, 0.5) is 8.78 Å². The lowest BCUT2D eigenvalue weighted by molar-refractivity contribution is -0.130. The molecule has 7 heteroatoms. The Balaban J connectivity index is 1.61. The van der Waals surface area contributed by atoms with Gasteiger partial charge in [-0.15, -0.1) is 0 Å². The minimum absolute atomic E-state index is 0.0103. The topological polar surface area (TPSA) is 49.9 Å². The van der Waals surface area contributed by atoms with E-state index in [1.54, 1.807) is 15.9 Å². The van der Waals surface area contributed by atoms with Gasteiger partial charge in [-0.05, 0) is 29.8 Å². The molecular formula is C22H22F2N2O3. The molecule has 2 aromatic carbocycles.